The van der Waals surface area contributed by atoms with Crippen LogP contribution in [-0.2, 0) is 0 Å². The molecule has 0 nitrogen and oxygen atoms in total. The van der Waals surface area contributed by atoms with Crippen molar-refractivity contribution in [3.8, 4) is 12.3 Å². The predicted octanol–water partition coefficient (Wildman–Crippen LogP) is 2.12. The van der Waals surface area contributed by atoms with Crippen LogP contribution in [0.1, 0.15) is 11.1 Å². The molecule has 0 aliphatic heterocycles. The lowest BCUT2D eigenvalue weighted by Gasteiger charge is -1.96. The molecule has 0 atom stereocenters. The number of halogens is 1. The Balaban J connectivity index is 3.31. The van der Waals surface area contributed by atoms with Crippen LogP contribution in [0.5, 0.6) is 0 Å². The molecule has 0 saturated heterocycles. The molecule has 10 heavy (non-hydrogen) atoms. The van der Waals surface area contributed by atoms with Crippen molar-refractivity contribution in [1.29, 1.82) is 0 Å². The monoisotopic (exact) mass is 134 g/mol. The highest BCUT2D eigenvalue weighted by molar-refractivity contribution is 5.36. The van der Waals surface area contributed by atoms with Gasteiger partial charge in [0.2, 0.25) is 0 Å². The van der Waals surface area contributed by atoms with Gasteiger partial charge in [0.15, 0.2) is 0 Å². The molecular formula is C9H7F. The van der Waals surface area contributed by atoms with E-state index in [4.69, 9.17) is 6.42 Å². The molecule has 0 saturated carbocycles. The third-order valence-corrected chi connectivity index (χ3v) is 1.35. The molecule has 50 valence electrons. The van der Waals surface area contributed by atoms with Gasteiger partial charge in [0, 0.05) is 0 Å². The van der Waals surface area contributed by atoms with E-state index in [0.717, 1.165) is 0 Å². The molecule has 1 rings (SSSR count). The Labute approximate surface area is 59.7 Å². The van der Waals surface area contributed by atoms with E-state index < -0.39 is 0 Å². The van der Waals surface area contributed by atoms with Gasteiger partial charge in [0.1, 0.15) is 5.82 Å². The fraction of sp³-hybridized carbons (Fsp3) is 0.111. The van der Waals surface area contributed by atoms with E-state index in [9.17, 15) is 4.39 Å². The number of hydrogen-bond acceptors (Lipinski definition) is 0. The van der Waals surface area contributed by atoms with E-state index in [1.165, 1.54) is 0 Å². The second-order valence-electron chi connectivity index (χ2n) is 2.08. The third kappa shape index (κ3) is 1.01. The Morgan fingerprint density at radius 2 is 2.20 bits per heavy atom. The molecule has 0 aliphatic rings. The number of terminal acetylenes is 1. The van der Waals surface area contributed by atoms with Gasteiger partial charge in [-0.25, -0.2) is 4.39 Å². The second-order valence-corrected chi connectivity index (χ2v) is 2.08. The van der Waals surface area contributed by atoms with Crippen molar-refractivity contribution < 1.29 is 4.39 Å². The van der Waals surface area contributed by atoms with Gasteiger partial charge < -0.3 is 0 Å². The Hall–Kier alpha value is -1.29. The van der Waals surface area contributed by atoms with E-state index >= 15 is 0 Å². The number of rotatable bonds is 0. The van der Waals surface area contributed by atoms with Gasteiger partial charge in [0.05, 0.1) is 5.56 Å². The number of benzene rings is 1. The van der Waals surface area contributed by atoms with Crippen LogP contribution < -0.4 is 0 Å². The summed E-state index contributed by atoms with van der Waals surface area (Å²) >= 11 is 0. The minimum atomic E-state index is -0.287. The second kappa shape index (κ2) is 2.53. The zero-order chi connectivity index (χ0) is 7.56. The summed E-state index contributed by atoms with van der Waals surface area (Å²) in [5.41, 5.74) is 0.926. The Morgan fingerprint density at radius 1 is 1.50 bits per heavy atom. The molecule has 0 bridgehead atoms. The highest BCUT2D eigenvalue weighted by Gasteiger charge is 1.99. The van der Waals surface area contributed by atoms with E-state index in [1.807, 2.05) is 0 Å². The van der Waals surface area contributed by atoms with Crippen LogP contribution in [0, 0.1) is 25.1 Å². The largest absolute Gasteiger partial charge is 0.205 e. The normalized spacial score (nSPS) is 8.90. The molecule has 0 aliphatic carbocycles. The van der Waals surface area contributed by atoms with Crippen molar-refractivity contribution in [3.05, 3.63) is 35.1 Å². The minimum Gasteiger partial charge on any atom is -0.205 e. The molecule has 1 aromatic rings. The minimum absolute atomic E-state index is 0.287. The fourth-order valence-electron chi connectivity index (χ4n) is 0.759. The molecule has 0 spiro atoms. The van der Waals surface area contributed by atoms with Crippen LogP contribution in [0.2, 0.25) is 0 Å². The molecule has 0 fully saturated rings. The van der Waals surface area contributed by atoms with Gasteiger partial charge >= 0.3 is 0 Å². The van der Waals surface area contributed by atoms with E-state index in [1.54, 1.807) is 25.1 Å². The van der Waals surface area contributed by atoms with Crippen molar-refractivity contribution in [3.63, 3.8) is 0 Å². The van der Waals surface area contributed by atoms with Gasteiger partial charge in [0.25, 0.3) is 0 Å². The Morgan fingerprint density at radius 3 is 2.70 bits per heavy atom. The Bertz CT molecular complexity index is 281. The molecule has 1 heteroatoms. The first-order chi connectivity index (χ1) is 4.75. The molecule has 0 amide bonds. The van der Waals surface area contributed by atoms with Crippen LogP contribution in [0.4, 0.5) is 4.39 Å². The highest BCUT2D eigenvalue weighted by Crippen LogP contribution is 2.09. The summed E-state index contributed by atoms with van der Waals surface area (Å²) in [5.74, 6) is 1.97. The third-order valence-electron chi connectivity index (χ3n) is 1.35. The Kier molecular flexibility index (Phi) is 1.73. The lowest BCUT2D eigenvalue weighted by Crippen LogP contribution is -1.85. The average molecular weight is 134 g/mol. The smallest absolute Gasteiger partial charge is 0.141 e. The first-order valence-corrected chi connectivity index (χ1v) is 2.97. The van der Waals surface area contributed by atoms with Crippen LogP contribution >= 0.6 is 0 Å². The number of hydrogen-bond donors (Lipinski definition) is 0. The van der Waals surface area contributed by atoms with Crippen molar-refractivity contribution in [1.82, 2.24) is 0 Å². The summed E-state index contributed by atoms with van der Waals surface area (Å²) in [7, 11) is 0. The van der Waals surface area contributed by atoms with Crippen molar-refractivity contribution >= 4 is 0 Å². The highest BCUT2D eigenvalue weighted by atomic mass is 19.1. The van der Waals surface area contributed by atoms with Crippen molar-refractivity contribution in [2.75, 3.05) is 0 Å². The molecule has 0 heterocycles. The van der Waals surface area contributed by atoms with Crippen molar-refractivity contribution in [2.45, 2.75) is 6.92 Å². The van der Waals surface area contributed by atoms with Gasteiger partial charge in [-0.15, -0.1) is 6.42 Å². The summed E-state index contributed by atoms with van der Waals surface area (Å²) in [4.78, 5) is 0. The SMILES string of the molecule is C#Cc1cccc(C)c1F. The maximum atomic E-state index is 12.9. The lowest BCUT2D eigenvalue weighted by atomic mass is 10.1. The first-order valence-electron chi connectivity index (χ1n) is 2.97. The quantitative estimate of drug-likeness (QED) is 0.477. The standard InChI is InChI=1S/C9H7F/c1-3-8-6-4-5-7(2)9(8)10/h1,4-6H,2H3. The molecule has 0 radical (unpaired) electrons. The summed E-state index contributed by atoms with van der Waals surface area (Å²) in [6.45, 7) is 1.69. The zero-order valence-corrected chi connectivity index (χ0v) is 5.69. The maximum absolute atomic E-state index is 12.9. The summed E-state index contributed by atoms with van der Waals surface area (Å²) in [5, 5.41) is 0. The molecular weight excluding hydrogens is 127 g/mol. The van der Waals surface area contributed by atoms with E-state index in [2.05, 4.69) is 5.92 Å². The number of aryl methyl sites for hydroxylation is 1. The summed E-state index contributed by atoms with van der Waals surface area (Å²) in [6.07, 6.45) is 5.03. The zero-order valence-electron chi connectivity index (χ0n) is 5.69. The van der Waals surface area contributed by atoms with Gasteiger partial charge in [-0.05, 0) is 18.6 Å². The molecule has 0 unspecified atom stereocenters. The predicted molar refractivity (Wildman–Crippen MR) is 39.1 cm³/mol. The summed E-state index contributed by atoms with van der Waals surface area (Å²) in [6, 6.07) is 5.02. The maximum Gasteiger partial charge on any atom is 0.141 e. The van der Waals surface area contributed by atoms with E-state index in [-0.39, 0.29) is 5.82 Å². The lowest BCUT2D eigenvalue weighted by molar-refractivity contribution is 0.615. The van der Waals surface area contributed by atoms with E-state index in [0.29, 0.717) is 11.1 Å². The first kappa shape index (κ1) is 6.82. The fourth-order valence-corrected chi connectivity index (χ4v) is 0.759. The van der Waals surface area contributed by atoms with Crippen LogP contribution in [0.3, 0.4) is 0 Å². The van der Waals surface area contributed by atoms with Gasteiger partial charge in [-0.1, -0.05) is 18.1 Å². The van der Waals surface area contributed by atoms with Gasteiger partial charge in [-0.2, -0.15) is 0 Å². The summed E-state index contributed by atoms with van der Waals surface area (Å²) < 4.78 is 12.9. The van der Waals surface area contributed by atoms with Gasteiger partial charge in [-0.3, -0.25) is 0 Å². The van der Waals surface area contributed by atoms with Crippen LogP contribution in [-0.4, -0.2) is 0 Å². The van der Waals surface area contributed by atoms with Crippen molar-refractivity contribution in [2.24, 2.45) is 0 Å². The average Bonchev–Trinajstić information content (AvgIpc) is 1.95. The van der Waals surface area contributed by atoms with Crippen LogP contribution in [0.15, 0.2) is 18.2 Å². The molecule has 1 aromatic carbocycles. The molecule has 0 N–H and O–H groups in total. The topological polar surface area (TPSA) is 0 Å². The van der Waals surface area contributed by atoms with Crippen LogP contribution in [0.25, 0.3) is 0 Å². The molecule has 0 aromatic heterocycles.